The highest BCUT2D eigenvalue weighted by Gasteiger charge is 2.53. The van der Waals surface area contributed by atoms with Gasteiger partial charge in [-0.15, -0.1) is 10.2 Å². The number of benzene rings is 2. The lowest BCUT2D eigenvalue weighted by Gasteiger charge is -2.27. The van der Waals surface area contributed by atoms with Crippen molar-refractivity contribution in [1.82, 2.24) is 0 Å². The Balaban J connectivity index is 1.86. The molecular formula is C16H10N2O3. The van der Waals surface area contributed by atoms with Crippen LogP contribution in [0.4, 0.5) is 0 Å². The molecule has 5 nitrogen and oxygen atoms in total. The molecule has 0 radical (unpaired) electrons. The first-order chi connectivity index (χ1) is 10.2. The normalized spacial score (nSPS) is 22.8. The van der Waals surface area contributed by atoms with Crippen molar-refractivity contribution in [1.29, 1.82) is 0 Å². The molecule has 5 heteroatoms. The molecule has 1 aliphatic carbocycles. The topological polar surface area (TPSA) is 71.2 Å². The molecule has 1 heterocycles. The molecule has 21 heavy (non-hydrogen) atoms. The van der Waals surface area contributed by atoms with Gasteiger partial charge >= 0.3 is 0 Å². The van der Waals surface area contributed by atoms with Gasteiger partial charge in [-0.3, -0.25) is 4.79 Å². The van der Waals surface area contributed by atoms with E-state index in [0.29, 0.717) is 16.7 Å². The number of Topliss-reactive ketones (excluding diaryl/α,β-unsaturated/α-hetero) is 1. The third kappa shape index (κ3) is 1.58. The fraction of sp³-hybridized carbons (Fsp3) is 0.0625. The smallest absolute Gasteiger partial charge is 0.287 e. The molecule has 4 rings (SSSR count). The van der Waals surface area contributed by atoms with Crippen LogP contribution >= 0.6 is 0 Å². The number of hydrogen-bond donors (Lipinski definition) is 1. The maximum atomic E-state index is 12.2. The van der Waals surface area contributed by atoms with E-state index in [-0.39, 0.29) is 17.4 Å². The van der Waals surface area contributed by atoms with Crippen LogP contribution in [0.15, 0.2) is 64.8 Å². The zero-order valence-electron chi connectivity index (χ0n) is 10.9. The van der Waals surface area contributed by atoms with Crippen molar-refractivity contribution >= 4 is 17.4 Å². The van der Waals surface area contributed by atoms with E-state index in [0.717, 1.165) is 0 Å². The van der Waals surface area contributed by atoms with Gasteiger partial charge in [-0.2, -0.15) is 0 Å². The molecule has 1 N–H and O–H groups in total. The number of nitrogens with zero attached hydrogens (tertiary/aromatic N) is 2. The van der Waals surface area contributed by atoms with Crippen molar-refractivity contribution in [3.05, 3.63) is 71.3 Å². The van der Waals surface area contributed by atoms with Crippen molar-refractivity contribution in [2.24, 2.45) is 10.2 Å². The number of aliphatic hydroxyl groups is 1. The Labute approximate surface area is 120 Å². The van der Waals surface area contributed by atoms with E-state index in [1.807, 2.05) is 18.2 Å². The molecule has 0 amide bonds. The third-order valence-corrected chi connectivity index (χ3v) is 3.58. The van der Waals surface area contributed by atoms with Gasteiger partial charge in [0.05, 0.1) is 0 Å². The van der Waals surface area contributed by atoms with Crippen LogP contribution in [0.5, 0.6) is 0 Å². The second kappa shape index (κ2) is 4.10. The van der Waals surface area contributed by atoms with Crippen LogP contribution in [0.25, 0.3) is 0 Å². The SMILES string of the molecule is O=C1C2=NN=C(c3ccccc3)OC2(O)c2ccccc21. The lowest BCUT2D eigenvalue weighted by Crippen LogP contribution is -2.41. The van der Waals surface area contributed by atoms with Crippen LogP contribution in [0.1, 0.15) is 21.5 Å². The van der Waals surface area contributed by atoms with Gasteiger partial charge < -0.3 is 9.84 Å². The molecule has 0 saturated carbocycles. The van der Waals surface area contributed by atoms with Crippen LogP contribution in [0.2, 0.25) is 0 Å². The summed E-state index contributed by atoms with van der Waals surface area (Å²) in [6.07, 6.45) is 0. The summed E-state index contributed by atoms with van der Waals surface area (Å²) < 4.78 is 5.63. The lowest BCUT2D eigenvalue weighted by molar-refractivity contribution is -0.0913. The molecule has 0 spiro atoms. The van der Waals surface area contributed by atoms with Crippen molar-refractivity contribution in [2.75, 3.05) is 0 Å². The van der Waals surface area contributed by atoms with Gasteiger partial charge in [-0.25, -0.2) is 0 Å². The van der Waals surface area contributed by atoms with Crippen LogP contribution in [-0.4, -0.2) is 22.5 Å². The summed E-state index contributed by atoms with van der Waals surface area (Å²) in [5, 5.41) is 18.6. The van der Waals surface area contributed by atoms with E-state index in [1.165, 1.54) is 0 Å². The number of rotatable bonds is 1. The van der Waals surface area contributed by atoms with Crippen LogP contribution in [0, 0.1) is 0 Å². The molecule has 0 bridgehead atoms. The van der Waals surface area contributed by atoms with Crippen LogP contribution in [-0.2, 0) is 10.5 Å². The Morgan fingerprint density at radius 3 is 2.48 bits per heavy atom. The fourth-order valence-corrected chi connectivity index (χ4v) is 2.56. The largest absolute Gasteiger partial charge is 0.433 e. The molecule has 102 valence electrons. The number of carbonyl (C=O) groups excluding carboxylic acids is 1. The molecule has 1 aliphatic heterocycles. The zero-order chi connectivity index (χ0) is 14.4. The van der Waals surface area contributed by atoms with Gasteiger partial charge in [0, 0.05) is 16.7 Å². The minimum Gasteiger partial charge on any atom is -0.433 e. The second-order valence-corrected chi connectivity index (χ2v) is 4.84. The quantitative estimate of drug-likeness (QED) is 0.865. The van der Waals surface area contributed by atoms with Gasteiger partial charge in [-0.1, -0.05) is 42.5 Å². The van der Waals surface area contributed by atoms with Crippen molar-refractivity contribution in [3.63, 3.8) is 0 Å². The number of ether oxygens (including phenoxy) is 1. The molecule has 2 aliphatic rings. The van der Waals surface area contributed by atoms with E-state index >= 15 is 0 Å². The number of fused-ring (bicyclic) bond motifs is 3. The summed E-state index contributed by atoms with van der Waals surface area (Å²) in [6.45, 7) is 0. The molecule has 2 aromatic rings. The van der Waals surface area contributed by atoms with Crippen molar-refractivity contribution < 1.29 is 14.6 Å². The van der Waals surface area contributed by atoms with E-state index in [2.05, 4.69) is 10.2 Å². The summed E-state index contributed by atoms with van der Waals surface area (Å²) in [4.78, 5) is 12.2. The molecule has 2 aromatic carbocycles. The third-order valence-electron chi connectivity index (χ3n) is 3.58. The molecule has 0 saturated heterocycles. The summed E-state index contributed by atoms with van der Waals surface area (Å²) in [5.74, 6) is -2.03. The van der Waals surface area contributed by atoms with Gasteiger partial charge in [0.1, 0.15) is 0 Å². The number of carbonyl (C=O) groups is 1. The Kier molecular flexibility index (Phi) is 2.34. The molecule has 0 aromatic heterocycles. The highest BCUT2D eigenvalue weighted by atomic mass is 16.6. The maximum absolute atomic E-state index is 12.2. The molecular weight excluding hydrogens is 268 g/mol. The predicted octanol–water partition coefficient (Wildman–Crippen LogP) is 1.86. The molecule has 0 fully saturated rings. The summed E-state index contributed by atoms with van der Waals surface area (Å²) in [6, 6.07) is 15.9. The van der Waals surface area contributed by atoms with Crippen molar-refractivity contribution in [3.8, 4) is 0 Å². The van der Waals surface area contributed by atoms with Gasteiger partial charge in [0.25, 0.3) is 5.79 Å². The average molecular weight is 278 g/mol. The summed E-state index contributed by atoms with van der Waals surface area (Å²) >= 11 is 0. The van der Waals surface area contributed by atoms with E-state index in [9.17, 15) is 9.90 Å². The van der Waals surface area contributed by atoms with E-state index < -0.39 is 5.79 Å². The Hall–Kier alpha value is -2.79. The first-order valence-electron chi connectivity index (χ1n) is 6.47. The van der Waals surface area contributed by atoms with Gasteiger partial charge in [-0.05, 0) is 12.1 Å². The van der Waals surface area contributed by atoms with Gasteiger partial charge in [0.2, 0.25) is 11.7 Å². The Bertz CT molecular complexity index is 811. The Morgan fingerprint density at radius 2 is 1.67 bits per heavy atom. The van der Waals surface area contributed by atoms with Crippen LogP contribution < -0.4 is 0 Å². The first kappa shape index (κ1) is 12.0. The van der Waals surface area contributed by atoms with Gasteiger partial charge in [0.15, 0.2) is 5.71 Å². The highest BCUT2D eigenvalue weighted by molar-refractivity contribution is 6.52. The maximum Gasteiger partial charge on any atom is 0.287 e. The minimum atomic E-state index is -1.86. The number of hydrogen-bond acceptors (Lipinski definition) is 5. The van der Waals surface area contributed by atoms with E-state index in [4.69, 9.17) is 4.74 Å². The standard InChI is InChI=1S/C16H10N2O3/c19-13-11-8-4-5-9-12(11)16(20)14(13)17-18-15(21-16)10-6-2-1-3-7-10/h1-9,20H. The molecule has 1 atom stereocenters. The first-order valence-corrected chi connectivity index (χ1v) is 6.47. The highest BCUT2D eigenvalue weighted by Crippen LogP contribution is 2.38. The van der Waals surface area contributed by atoms with E-state index in [1.54, 1.807) is 36.4 Å². The number of ketones is 1. The Morgan fingerprint density at radius 1 is 0.952 bits per heavy atom. The summed E-state index contributed by atoms with van der Waals surface area (Å²) in [7, 11) is 0. The molecule has 1 unspecified atom stereocenters. The van der Waals surface area contributed by atoms with Crippen molar-refractivity contribution in [2.45, 2.75) is 5.79 Å². The second-order valence-electron chi connectivity index (χ2n) is 4.84. The average Bonchev–Trinajstić information content (AvgIpc) is 2.76. The lowest BCUT2D eigenvalue weighted by atomic mass is 10.1. The zero-order valence-corrected chi connectivity index (χ0v) is 10.9. The van der Waals surface area contributed by atoms with Crippen LogP contribution in [0.3, 0.4) is 0 Å². The predicted molar refractivity (Wildman–Crippen MR) is 76.2 cm³/mol. The summed E-state index contributed by atoms with van der Waals surface area (Å²) in [5.41, 5.74) is 1.38. The fourth-order valence-electron chi connectivity index (χ4n) is 2.56. The monoisotopic (exact) mass is 278 g/mol. The minimum absolute atomic E-state index is 0.0941.